The molecule has 0 saturated heterocycles. The average Bonchev–Trinajstić information content (AvgIpc) is 2.82. The molecule has 0 radical (unpaired) electrons. The number of carbonyl (C=O) groups is 1. The van der Waals surface area contributed by atoms with Crippen LogP contribution in [-0.4, -0.2) is 5.91 Å². The molecule has 88 valence electrons. The van der Waals surface area contributed by atoms with Gasteiger partial charge in [0.15, 0.2) is 0 Å². The van der Waals surface area contributed by atoms with Crippen molar-refractivity contribution in [3.63, 3.8) is 0 Å². The molecule has 1 heterocycles. The summed E-state index contributed by atoms with van der Waals surface area (Å²) in [7, 11) is 0. The fourth-order valence-corrected chi connectivity index (χ4v) is 2.18. The highest BCUT2D eigenvalue weighted by Gasteiger charge is 2.11. The van der Waals surface area contributed by atoms with Crippen molar-refractivity contribution in [2.24, 2.45) is 0 Å². The lowest BCUT2D eigenvalue weighted by Crippen LogP contribution is -2.23. The second-order valence-electron chi connectivity index (χ2n) is 3.44. The van der Waals surface area contributed by atoms with E-state index in [1.807, 2.05) is 16.8 Å². The molecule has 2 nitrogen and oxygen atoms in total. The van der Waals surface area contributed by atoms with Gasteiger partial charge in [-0.05, 0) is 40.6 Å². The standard InChI is InChI=1S/C12H9ClFNOS/c13-9-1-2-11(14)10(5-9)12(16)15-6-8-3-4-17-7-8/h1-5,7H,6H2,(H,15,16). The third-order valence-corrected chi connectivity index (χ3v) is 3.17. The van der Waals surface area contributed by atoms with Crippen molar-refractivity contribution < 1.29 is 9.18 Å². The number of hydrogen-bond acceptors (Lipinski definition) is 2. The summed E-state index contributed by atoms with van der Waals surface area (Å²) in [6, 6.07) is 5.81. The van der Waals surface area contributed by atoms with Gasteiger partial charge in [0.1, 0.15) is 5.82 Å². The van der Waals surface area contributed by atoms with Crippen LogP contribution in [0.5, 0.6) is 0 Å². The van der Waals surface area contributed by atoms with Gasteiger partial charge in [0, 0.05) is 11.6 Å². The van der Waals surface area contributed by atoms with Crippen LogP contribution in [-0.2, 0) is 6.54 Å². The molecule has 0 aliphatic rings. The third kappa shape index (κ3) is 3.05. The second kappa shape index (κ2) is 5.29. The maximum atomic E-state index is 13.4. The van der Waals surface area contributed by atoms with Crippen LogP contribution in [0.25, 0.3) is 0 Å². The van der Waals surface area contributed by atoms with Crippen LogP contribution in [0.4, 0.5) is 4.39 Å². The van der Waals surface area contributed by atoms with Crippen LogP contribution < -0.4 is 5.32 Å². The molecule has 2 aromatic rings. The van der Waals surface area contributed by atoms with Crippen LogP contribution >= 0.6 is 22.9 Å². The molecule has 1 amide bonds. The van der Waals surface area contributed by atoms with Crippen molar-refractivity contribution in [2.45, 2.75) is 6.54 Å². The van der Waals surface area contributed by atoms with Crippen LogP contribution in [0.2, 0.25) is 5.02 Å². The van der Waals surface area contributed by atoms with E-state index in [9.17, 15) is 9.18 Å². The summed E-state index contributed by atoms with van der Waals surface area (Å²) in [6.07, 6.45) is 0. The monoisotopic (exact) mass is 269 g/mol. The number of hydrogen-bond donors (Lipinski definition) is 1. The van der Waals surface area contributed by atoms with Gasteiger partial charge >= 0.3 is 0 Å². The summed E-state index contributed by atoms with van der Waals surface area (Å²) in [4.78, 5) is 11.7. The molecule has 0 spiro atoms. The van der Waals surface area contributed by atoms with Crippen LogP contribution in [0.1, 0.15) is 15.9 Å². The molecule has 0 atom stereocenters. The zero-order valence-electron chi connectivity index (χ0n) is 8.74. The van der Waals surface area contributed by atoms with Gasteiger partial charge in [0.2, 0.25) is 0 Å². The zero-order chi connectivity index (χ0) is 12.3. The minimum Gasteiger partial charge on any atom is -0.348 e. The van der Waals surface area contributed by atoms with E-state index in [2.05, 4.69) is 5.32 Å². The molecule has 0 fully saturated rings. The fourth-order valence-electron chi connectivity index (χ4n) is 1.34. The van der Waals surface area contributed by atoms with Gasteiger partial charge in [0.05, 0.1) is 5.56 Å². The van der Waals surface area contributed by atoms with E-state index in [-0.39, 0.29) is 5.56 Å². The number of thiophene rings is 1. The number of carbonyl (C=O) groups excluding carboxylic acids is 1. The van der Waals surface area contributed by atoms with Gasteiger partial charge in [-0.1, -0.05) is 11.6 Å². The first kappa shape index (κ1) is 12.1. The van der Waals surface area contributed by atoms with Crippen molar-refractivity contribution in [2.75, 3.05) is 0 Å². The molecule has 0 bridgehead atoms. The van der Waals surface area contributed by atoms with Crippen molar-refractivity contribution in [3.8, 4) is 0 Å². The Kier molecular flexibility index (Phi) is 3.76. The minimum absolute atomic E-state index is 0.0345. The molecule has 0 unspecified atom stereocenters. The molecule has 1 aromatic carbocycles. The highest BCUT2D eigenvalue weighted by molar-refractivity contribution is 7.07. The number of amides is 1. The molecule has 5 heteroatoms. The van der Waals surface area contributed by atoms with Crippen molar-refractivity contribution in [1.82, 2.24) is 5.32 Å². The predicted octanol–water partition coefficient (Wildman–Crippen LogP) is 3.47. The summed E-state index contributed by atoms with van der Waals surface area (Å²) >= 11 is 7.26. The van der Waals surface area contributed by atoms with E-state index >= 15 is 0 Å². The van der Waals surface area contributed by atoms with Gasteiger partial charge in [-0.15, -0.1) is 0 Å². The first-order chi connectivity index (χ1) is 8.16. The molecule has 17 heavy (non-hydrogen) atoms. The van der Waals surface area contributed by atoms with E-state index in [1.54, 1.807) is 11.3 Å². The van der Waals surface area contributed by atoms with E-state index < -0.39 is 11.7 Å². The van der Waals surface area contributed by atoms with Gasteiger partial charge in [-0.3, -0.25) is 4.79 Å². The molecule has 1 aromatic heterocycles. The Labute approximate surface area is 107 Å². The van der Waals surface area contributed by atoms with Gasteiger partial charge < -0.3 is 5.32 Å². The van der Waals surface area contributed by atoms with Crippen LogP contribution in [0.15, 0.2) is 35.0 Å². The van der Waals surface area contributed by atoms with Crippen molar-refractivity contribution in [3.05, 3.63) is 57.0 Å². The largest absolute Gasteiger partial charge is 0.348 e. The molecular weight excluding hydrogens is 261 g/mol. The first-order valence-electron chi connectivity index (χ1n) is 4.91. The number of halogens is 2. The Morgan fingerprint density at radius 2 is 2.24 bits per heavy atom. The quantitative estimate of drug-likeness (QED) is 0.908. The van der Waals surface area contributed by atoms with E-state index in [0.29, 0.717) is 11.6 Å². The third-order valence-electron chi connectivity index (χ3n) is 2.21. The normalized spacial score (nSPS) is 10.2. The zero-order valence-corrected chi connectivity index (χ0v) is 10.3. The Bertz CT molecular complexity index is 527. The highest BCUT2D eigenvalue weighted by atomic mass is 35.5. The maximum Gasteiger partial charge on any atom is 0.254 e. The summed E-state index contributed by atoms with van der Waals surface area (Å²) in [5.74, 6) is -1.03. The lowest BCUT2D eigenvalue weighted by Gasteiger charge is -2.05. The van der Waals surface area contributed by atoms with Gasteiger partial charge in [-0.2, -0.15) is 11.3 Å². The average molecular weight is 270 g/mol. The summed E-state index contributed by atoms with van der Waals surface area (Å²) in [6.45, 7) is 0.383. The molecule has 1 N–H and O–H groups in total. The highest BCUT2D eigenvalue weighted by Crippen LogP contribution is 2.15. The smallest absolute Gasteiger partial charge is 0.254 e. The molecule has 0 aliphatic carbocycles. The summed E-state index contributed by atoms with van der Waals surface area (Å²) in [5, 5.41) is 6.82. The predicted molar refractivity (Wildman–Crippen MR) is 66.9 cm³/mol. The van der Waals surface area contributed by atoms with Crippen LogP contribution in [0, 0.1) is 5.82 Å². The van der Waals surface area contributed by atoms with Crippen molar-refractivity contribution in [1.29, 1.82) is 0 Å². The Morgan fingerprint density at radius 1 is 1.41 bits per heavy atom. The Morgan fingerprint density at radius 3 is 2.94 bits per heavy atom. The second-order valence-corrected chi connectivity index (χ2v) is 4.65. The first-order valence-corrected chi connectivity index (χ1v) is 6.23. The maximum absolute atomic E-state index is 13.4. The number of rotatable bonds is 3. The summed E-state index contributed by atoms with van der Waals surface area (Å²) in [5.41, 5.74) is 0.957. The van der Waals surface area contributed by atoms with Crippen LogP contribution in [0.3, 0.4) is 0 Å². The summed E-state index contributed by atoms with van der Waals surface area (Å²) < 4.78 is 13.4. The van der Waals surface area contributed by atoms with Crippen molar-refractivity contribution >= 4 is 28.8 Å². The minimum atomic E-state index is -0.572. The lowest BCUT2D eigenvalue weighted by atomic mass is 10.2. The van der Waals surface area contributed by atoms with E-state index in [4.69, 9.17) is 11.6 Å². The van der Waals surface area contributed by atoms with Gasteiger partial charge in [0.25, 0.3) is 5.91 Å². The van der Waals surface area contributed by atoms with E-state index in [0.717, 1.165) is 5.56 Å². The lowest BCUT2D eigenvalue weighted by molar-refractivity contribution is 0.0947. The Hall–Kier alpha value is -1.39. The molecule has 2 rings (SSSR count). The number of benzene rings is 1. The topological polar surface area (TPSA) is 29.1 Å². The fraction of sp³-hybridized carbons (Fsp3) is 0.0833. The SMILES string of the molecule is O=C(NCc1ccsc1)c1cc(Cl)ccc1F. The molecule has 0 saturated carbocycles. The Balaban J connectivity index is 2.07. The van der Waals surface area contributed by atoms with E-state index in [1.165, 1.54) is 18.2 Å². The van der Waals surface area contributed by atoms with Gasteiger partial charge in [-0.25, -0.2) is 4.39 Å². The molecular formula is C12H9ClFNOS. The number of nitrogens with one attached hydrogen (secondary N) is 1. The molecule has 0 aliphatic heterocycles.